The number of carbonyl (C=O) groups excluding carboxylic acids is 1. The van der Waals surface area contributed by atoms with Crippen LogP contribution in [0.1, 0.15) is 88.8 Å². The van der Waals surface area contributed by atoms with Crippen LogP contribution in [0, 0.1) is 12.8 Å². The fourth-order valence-electron chi connectivity index (χ4n) is 5.24. The second-order valence-corrected chi connectivity index (χ2v) is 10.2. The summed E-state index contributed by atoms with van der Waals surface area (Å²) in [6, 6.07) is 2.07. The zero-order valence-electron chi connectivity index (χ0n) is 21.2. The van der Waals surface area contributed by atoms with Gasteiger partial charge in [0.15, 0.2) is 23.7 Å². The molecule has 34 heavy (non-hydrogen) atoms. The molecule has 3 rings (SSSR count). The van der Waals surface area contributed by atoms with Crippen LogP contribution in [0.4, 0.5) is 0 Å². The van der Waals surface area contributed by atoms with Crippen LogP contribution >= 0.6 is 0 Å². The lowest BCUT2D eigenvalue weighted by atomic mass is 9.70. The number of rotatable bonds is 7. The van der Waals surface area contributed by atoms with Gasteiger partial charge in [0.25, 0.3) is 0 Å². The number of allylic oxidation sites excluding steroid dienone is 2. The van der Waals surface area contributed by atoms with Gasteiger partial charge in [-0.25, -0.2) is 0 Å². The molecular formula is C27H40O7. The van der Waals surface area contributed by atoms with Crippen molar-refractivity contribution in [2.24, 2.45) is 5.92 Å². The number of hydrogen-bond donors (Lipinski definition) is 3. The highest BCUT2D eigenvalue weighted by molar-refractivity contribution is 5.66. The Morgan fingerprint density at radius 2 is 1.97 bits per heavy atom. The smallest absolute Gasteiger partial charge is 0.303 e. The molecule has 2 aliphatic rings. The summed E-state index contributed by atoms with van der Waals surface area (Å²) in [5, 5.41) is 31.9. The Morgan fingerprint density at radius 3 is 2.62 bits per heavy atom. The van der Waals surface area contributed by atoms with Crippen molar-refractivity contribution in [3.8, 4) is 11.5 Å². The zero-order chi connectivity index (χ0) is 25.2. The molecule has 7 atom stereocenters. The first-order valence-corrected chi connectivity index (χ1v) is 12.3. The second kappa shape index (κ2) is 11.1. The number of aromatic hydroxyl groups is 1. The van der Waals surface area contributed by atoms with Gasteiger partial charge in [-0.15, -0.1) is 0 Å². The summed E-state index contributed by atoms with van der Waals surface area (Å²) in [6.45, 7) is 11.5. The Hall–Kier alpha value is -2.09. The third kappa shape index (κ3) is 5.75. The molecule has 0 bridgehead atoms. The van der Waals surface area contributed by atoms with E-state index >= 15 is 0 Å². The van der Waals surface area contributed by atoms with Crippen LogP contribution in [0.3, 0.4) is 0 Å². The van der Waals surface area contributed by atoms with Crippen LogP contribution in [0.15, 0.2) is 17.7 Å². The minimum absolute atomic E-state index is 0.0226. The molecular weight excluding hydrogens is 436 g/mol. The first-order valence-electron chi connectivity index (χ1n) is 12.3. The number of fused-ring (bicyclic) bond motifs is 1. The van der Waals surface area contributed by atoms with Gasteiger partial charge in [-0.2, -0.15) is 0 Å². The Bertz CT molecular complexity index is 905. The Kier molecular flexibility index (Phi) is 8.66. The van der Waals surface area contributed by atoms with Crippen molar-refractivity contribution < 1.29 is 34.3 Å². The van der Waals surface area contributed by atoms with Crippen molar-refractivity contribution >= 4 is 5.97 Å². The summed E-state index contributed by atoms with van der Waals surface area (Å²) in [5.41, 5.74) is 4.14. The lowest BCUT2D eigenvalue weighted by molar-refractivity contribution is -0.249. The number of phenolic OH excluding ortho intramolecular Hbond substituents is 1. The number of benzene rings is 1. The third-order valence-electron chi connectivity index (χ3n) is 7.14. The number of carbonyl (C=O) groups is 1. The maximum absolute atomic E-state index is 11.4. The van der Waals surface area contributed by atoms with Gasteiger partial charge in [0.05, 0.1) is 6.61 Å². The van der Waals surface area contributed by atoms with Gasteiger partial charge in [0.1, 0.15) is 6.10 Å². The summed E-state index contributed by atoms with van der Waals surface area (Å²) in [5.74, 6) is 0.677. The van der Waals surface area contributed by atoms with Gasteiger partial charge in [0, 0.05) is 12.5 Å². The van der Waals surface area contributed by atoms with E-state index in [4.69, 9.17) is 14.2 Å². The normalized spacial score (nSPS) is 29.6. The van der Waals surface area contributed by atoms with Gasteiger partial charge in [-0.05, 0) is 75.3 Å². The summed E-state index contributed by atoms with van der Waals surface area (Å²) in [4.78, 5) is 11.4. The van der Waals surface area contributed by atoms with Gasteiger partial charge in [0.2, 0.25) is 6.29 Å². The van der Waals surface area contributed by atoms with E-state index in [1.807, 2.05) is 6.92 Å². The topological polar surface area (TPSA) is 105 Å². The number of aliphatic hydroxyl groups excluding tert-OH is 2. The zero-order valence-corrected chi connectivity index (χ0v) is 21.2. The molecule has 7 nitrogen and oxygen atoms in total. The van der Waals surface area contributed by atoms with Crippen LogP contribution in [0.2, 0.25) is 0 Å². The lowest BCUT2D eigenvalue weighted by Gasteiger charge is -2.39. The van der Waals surface area contributed by atoms with Crippen molar-refractivity contribution in [1.82, 2.24) is 0 Å². The molecule has 0 saturated carbocycles. The van der Waals surface area contributed by atoms with Crippen molar-refractivity contribution in [2.75, 3.05) is 6.61 Å². The van der Waals surface area contributed by atoms with Crippen molar-refractivity contribution in [3.63, 3.8) is 0 Å². The highest BCUT2D eigenvalue weighted by Gasteiger charge is 2.44. The molecule has 1 aromatic carbocycles. The van der Waals surface area contributed by atoms with E-state index in [1.54, 1.807) is 0 Å². The Balaban J connectivity index is 1.92. The predicted molar refractivity (Wildman–Crippen MR) is 129 cm³/mol. The van der Waals surface area contributed by atoms with E-state index in [1.165, 1.54) is 18.1 Å². The van der Waals surface area contributed by atoms with E-state index in [-0.39, 0.29) is 18.3 Å². The summed E-state index contributed by atoms with van der Waals surface area (Å²) in [6.07, 6.45) is 1.49. The largest absolute Gasteiger partial charge is 0.504 e. The number of aryl methyl sites for hydroxylation is 1. The molecule has 190 valence electrons. The fraction of sp³-hybridized carbons (Fsp3) is 0.667. The minimum atomic E-state index is -1.40. The molecule has 0 aromatic heterocycles. The number of ether oxygens (including phenoxy) is 3. The number of aliphatic hydroxyl groups is 2. The van der Waals surface area contributed by atoms with Gasteiger partial charge in [-0.1, -0.05) is 31.6 Å². The van der Waals surface area contributed by atoms with Crippen molar-refractivity contribution in [2.45, 2.75) is 104 Å². The van der Waals surface area contributed by atoms with E-state index in [2.05, 4.69) is 39.8 Å². The van der Waals surface area contributed by atoms with Crippen molar-refractivity contribution in [3.05, 3.63) is 34.4 Å². The standard InChI is InChI=1S/C27H40O7/c1-14(2)8-7-9-15(3)19-11-10-16(4)22-20(19)12-17(5)23(30)26(22)34-27-24(31)25(33-18(6)28)21(29)13-32-27/h8,12,15-16,19,21,24-25,27,29-31H,7,9-11,13H2,1-6H3. The molecule has 0 amide bonds. The molecule has 7 unspecified atom stereocenters. The molecule has 1 aliphatic carbocycles. The van der Waals surface area contributed by atoms with Crippen LogP contribution < -0.4 is 4.74 Å². The van der Waals surface area contributed by atoms with E-state index in [0.29, 0.717) is 23.1 Å². The third-order valence-corrected chi connectivity index (χ3v) is 7.14. The molecule has 7 heteroatoms. The highest BCUT2D eigenvalue weighted by atomic mass is 16.7. The Labute approximate surface area is 202 Å². The predicted octanol–water partition coefficient (Wildman–Crippen LogP) is 4.45. The van der Waals surface area contributed by atoms with Crippen LogP contribution in [-0.2, 0) is 14.3 Å². The fourth-order valence-corrected chi connectivity index (χ4v) is 5.24. The lowest BCUT2D eigenvalue weighted by Crippen LogP contribution is -2.56. The van der Waals surface area contributed by atoms with E-state index in [0.717, 1.165) is 31.2 Å². The number of esters is 1. The average molecular weight is 477 g/mol. The van der Waals surface area contributed by atoms with E-state index < -0.39 is 30.6 Å². The van der Waals surface area contributed by atoms with Gasteiger partial charge < -0.3 is 29.5 Å². The first-order chi connectivity index (χ1) is 16.0. The minimum Gasteiger partial charge on any atom is -0.504 e. The molecule has 0 spiro atoms. The summed E-state index contributed by atoms with van der Waals surface area (Å²) in [7, 11) is 0. The SMILES string of the molecule is CC(=O)OC1C(O)COC(Oc2c(O)c(C)cc3c2C(C)CCC3C(C)CCC=C(C)C)C1O. The molecule has 0 radical (unpaired) electrons. The quantitative estimate of drug-likeness (QED) is 0.394. The first kappa shape index (κ1) is 26.5. The van der Waals surface area contributed by atoms with Gasteiger partial charge in [-0.3, -0.25) is 4.79 Å². The molecule has 1 fully saturated rings. The second-order valence-electron chi connectivity index (χ2n) is 10.2. The summed E-state index contributed by atoms with van der Waals surface area (Å²) < 4.78 is 16.8. The molecule has 1 aromatic rings. The molecule has 1 heterocycles. The summed E-state index contributed by atoms with van der Waals surface area (Å²) >= 11 is 0. The number of phenols is 1. The maximum atomic E-state index is 11.4. The molecule has 1 saturated heterocycles. The molecule has 1 aliphatic heterocycles. The molecule has 3 N–H and O–H groups in total. The maximum Gasteiger partial charge on any atom is 0.303 e. The van der Waals surface area contributed by atoms with Crippen LogP contribution in [-0.4, -0.2) is 52.5 Å². The Morgan fingerprint density at radius 1 is 1.26 bits per heavy atom. The van der Waals surface area contributed by atoms with E-state index in [9.17, 15) is 20.1 Å². The average Bonchev–Trinajstić information content (AvgIpc) is 2.75. The highest BCUT2D eigenvalue weighted by Crippen LogP contribution is 2.51. The monoisotopic (exact) mass is 476 g/mol. The van der Waals surface area contributed by atoms with Crippen LogP contribution in [0.5, 0.6) is 11.5 Å². The van der Waals surface area contributed by atoms with Crippen molar-refractivity contribution in [1.29, 1.82) is 0 Å². The van der Waals surface area contributed by atoms with Crippen LogP contribution in [0.25, 0.3) is 0 Å². The van der Waals surface area contributed by atoms with Gasteiger partial charge >= 0.3 is 5.97 Å². The number of hydrogen-bond acceptors (Lipinski definition) is 7.